The number of benzene rings is 2. The molecule has 1 unspecified atom stereocenters. The quantitative estimate of drug-likeness (QED) is 0.659. The molecule has 1 aliphatic heterocycles. The Bertz CT molecular complexity index is 1320. The van der Waals surface area contributed by atoms with Crippen LogP contribution in [0.3, 0.4) is 0 Å². The highest BCUT2D eigenvalue weighted by Crippen LogP contribution is 2.35. The highest BCUT2D eigenvalue weighted by Gasteiger charge is 2.34. The molecule has 1 aliphatic carbocycles. The van der Waals surface area contributed by atoms with Gasteiger partial charge < -0.3 is 0 Å². The molecule has 0 saturated heterocycles. The number of hydrogen-bond donors (Lipinski definition) is 0. The van der Waals surface area contributed by atoms with Crippen molar-refractivity contribution in [3.8, 4) is 0 Å². The van der Waals surface area contributed by atoms with E-state index >= 15 is 0 Å². The second-order valence-corrected chi connectivity index (χ2v) is 8.19. The number of thiazole rings is 1. The Labute approximate surface area is 170 Å². The van der Waals surface area contributed by atoms with E-state index in [-0.39, 0.29) is 17.2 Å². The summed E-state index contributed by atoms with van der Waals surface area (Å²) in [7, 11) is 0. The standard InChI is InChI=1S/C23H17FN2O2S/c24-16-11-9-14(10-12-16)13-19-22(28)26-21(15-5-2-1-3-6-15)20-17(25-23(26)29-19)7-4-8-18(20)27/h1-3,5-6,9-13,21H,4,7-8H2. The monoisotopic (exact) mass is 404 g/mol. The van der Waals surface area contributed by atoms with Gasteiger partial charge in [-0.15, -0.1) is 0 Å². The van der Waals surface area contributed by atoms with Gasteiger partial charge in [-0.3, -0.25) is 14.2 Å². The van der Waals surface area contributed by atoms with Crippen LogP contribution in [0.4, 0.5) is 4.39 Å². The van der Waals surface area contributed by atoms with Crippen molar-refractivity contribution in [1.82, 2.24) is 4.57 Å². The maximum absolute atomic E-state index is 13.3. The van der Waals surface area contributed by atoms with Gasteiger partial charge in [0.1, 0.15) is 5.82 Å². The molecular weight excluding hydrogens is 387 g/mol. The Balaban J connectivity index is 1.76. The van der Waals surface area contributed by atoms with E-state index in [9.17, 15) is 14.0 Å². The number of halogens is 1. The molecule has 4 nitrogen and oxygen atoms in total. The molecule has 2 aromatic carbocycles. The first-order valence-corrected chi connectivity index (χ1v) is 10.3. The third-order valence-corrected chi connectivity index (χ3v) is 6.29. The minimum atomic E-state index is -0.453. The fourth-order valence-electron chi connectivity index (χ4n) is 3.97. The summed E-state index contributed by atoms with van der Waals surface area (Å²) in [5.41, 5.74) is 2.90. The van der Waals surface area contributed by atoms with Crippen LogP contribution in [0.5, 0.6) is 0 Å². The lowest BCUT2D eigenvalue weighted by molar-refractivity contribution is -0.116. The zero-order valence-corrected chi connectivity index (χ0v) is 16.3. The van der Waals surface area contributed by atoms with Crippen LogP contribution in [0.25, 0.3) is 6.08 Å². The molecule has 0 spiro atoms. The molecule has 2 heterocycles. The first-order chi connectivity index (χ1) is 14.1. The molecule has 5 rings (SSSR count). The smallest absolute Gasteiger partial charge is 0.271 e. The highest BCUT2D eigenvalue weighted by atomic mass is 32.1. The minimum absolute atomic E-state index is 0.0664. The summed E-state index contributed by atoms with van der Waals surface area (Å²) < 4.78 is 15.4. The Kier molecular flexibility index (Phi) is 4.36. The van der Waals surface area contributed by atoms with Gasteiger partial charge in [-0.1, -0.05) is 53.8 Å². The van der Waals surface area contributed by atoms with E-state index in [1.165, 1.54) is 23.5 Å². The number of rotatable bonds is 2. The fourth-order valence-corrected chi connectivity index (χ4v) is 4.99. The van der Waals surface area contributed by atoms with E-state index in [1.807, 2.05) is 30.3 Å². The van der Waals surface area contributed by atoms with Gasteiger partial charge in [0, 0.05) is 12.0 Å². The van der Waals surface area contributed by atoms with Crippen molar-refractivity contribution in [2.24, 2.45) is 4.99 Å². The maximum Gasteiger partial charge on any atom is 0.271 e. The van der Waals surface area contributed by atoms with Crippen LogP contribution in [0.1, 0.15) is 36.4 Å². The van der Waals surface area contributed by atoms with Crippen LogP contribution in [-0.4, -0.2) is 10.4 Å². The molecule has 29 heavy (non-hydrogen) atoms. The molecule has 0 amide bonds. The molecule has 0 N–H and O–H groups in total. The number of carbonyl (C=O) groups excluding carboxylic acids is 1. The topological polar surface area (TPSA) is 51.4 Å². The number of aromatic nitrogens is 1. The summed E-state index contributed by atoms with van der Waals surface area (Å²) in [4.78, 5) is 31.4. The van der Waals surface area contributed by atoms with Crippen LogP contribution in [-0.2, 0) is 4.79 Å². The fraction of sp³-hybridized carbons (Fsp3) is 0.174. The summed E-state index contributed by atoms with van der Waals surface area (Å²) in [5, 5.41) is 0. The predicted molar refractivity (Wildman–Crippen MR) is 110 cm³/mol. The first kappa shape index (κ1) is 17.9. The van der Waals surface area contributed by atoms with Crippen molar-refractivity contribution in [3.63, 3.8) is 0 Å². The number of allylic oxidation sites excluding steroid dienone is 2. The molecule has 6 heteroatoms. The molecule has 2 aliphatic rings. The Morgan fingerprint density at radius 1 is 1.03 bits per heavy atom. The van der Waals surface area contributed by atoms with Gasteiger partial charge in [0.25, 0.3) is 5.56 Å². The highest BCUT2D eigenvalue weighted by molar-refractivity contribution is 7.07. The van der Waals surface area contributed by atoms with E-state index < -0.39 is 6.04 Å². The zero-order valence-electron chi connectivity index (χ0n) is 15.5. The predicted octanol–water partition coefficient (Wildman–Crippen LogP) is 3.11. The largest absolute Gasteiger partial charge is 0.294 e. The second-order valence-electron chi connectivity index (χ2n) is 7.18. The van der Waals surface area contributed by atoms with E-state index in [2.05, 4.69) is 0 Å². The first-order valence-electron chi connectivity index (χ1n) is 9.50. The summed E-state index contributed by atoms with van der Waals surface area (Å²) >= 11 is 1.31. The van der Waals surface area contributed by atoms with Crippen LogP contribution >= 0.6 is 11.3 Å². The lowest BCUT2D eigenvalue weighted by Crippen LogP contribution is -2.40. The molecule has 3 aromatic rings. The van der Waals surface area contributed by atoms with Gasteiger partial charge >= 0.3 is 0 Å². The van der Waals surface area contributed by atoms with Gasteiger partial charge in [-0.2, -0.15) is 0 Å². The molecule has 0 saturated carbocycles. The third kappa shape index (κ3) is 3.09. The lowest BCUT2D eigenvalue weighted by atomic mass is 9.86. The number of carbonyl (C=O) groups is 1. The molecule has 1 atom stereocenters. The van der Waals surface area contributed by atoms with E-state index in [0.717, 1.165) is 29.7 Å². The molecule has 0 bridgehead atoms. The van der Waals surface area contributed by atoms with E-state index in [4.69, 9.17) is 4.99 Å². The number of Topliss-reactive ketones (excluding diaryl/α,β-unsaturated/α-hetero) is 1. The van der Waals surface area contributed by atoms with Crippen molar-refractivity contribution in [2.75, 3.05) is 0 Å². The Morgan fingerprint density at radius 3 is 2.55 bits per heavy atom. The third-order valence-electron chi connectivity index (χ3n) is 5.31. The molecule has 1 aromatic heterocycles. The van der Waals surface area contributed by atoms with Crippen LogP contribution < -0.4 is 14.9 Å². The van der Waals surface area contributed by atoms with Crippen molar-refractivity contribution in [1.29, 1.82) is 0 Å². The van der Waals surface area contributed by atoms with Gasteiger partial charge in [-0.25, -0.2) is 9.38 Å². The van der Waals surface area contributed by atoms with Crippen LogP contribution in [0.15, 0.2) is 75.7 Å². The summed E-state index contributed by atoms with van der Waals surface area (Å²) in [5.74, 6) is -0.254. The summed E-state index contributed by atoms with van der Waals surface area (Å²) in [6.07, 6.45) is 3.76. The summed E-state index contributed by atoms with van der Waals surface area (Å²) in [6, 6.07) is 15.2. The van der Waals surface area contributed by atoms with Gasteiger partial charge in [0.05, 0.1) is 16.3 Å². The van der Waals surface area contributed by atoms with Gasteiger partial charge in [0.15, 0.2) is 10.6 Å². The molecule has 144 valence electrons. The van der Waals surface area contributed by atoms with E-state index in [0.29, 0.717) is 21.3 Å². The van der Waals surface area contributed by atoms with Crippen molar-refractivity contribution < 1.29 is 9.18 Å². The molecular formula is C23H17FN2O2S. The van der Waals surface area contributed by atoms with Crippen LogP contribution in [0.2, 0.25) is 0 Å². The molecule has 0 radical (unpaired) electrons. The van der Waals surface area contributed by atoms with Crippen molar-refractivity contribution >= 4 is 23.2 Å². The SMILES string of the molecule is O=C1CCCC2=C1C(c1ccccc1)n1c(sc(=Cc3ccc(F)cc3)c1=O)=N2. The average molecular weight is 404 g/mol. The van der Waals surface area contributed by atoms with Gasteiger partial charge in [0.2, 0.25) is 0 Å². The van der Waals surface area contributed by atoms with Crippen LogP contribution in [0, 0.1) is 5.82 Å². The molecule has 0 fully saturated rings. The van der Waals surface area contributed by atoms with Crippen molar-refractivity contribution in [2.45, 2.75) is 25.3 Å². The average Bonchev–Trinajstić information content (AvgIpc) is 3.04. The second kappa shape index (κ2) is 7.04. The van der Waals surface area contributed by atoms with Gasteiger partial charge in [-0.05, 0) is 42.2 Å². The number of ketones is 1. The minimum Gasteiger partial charge on any atom is -0.294 e. The van der Waals surface area contributed by atoms with Crippen molar-refractivity contribution in [3.05, 3.63) is 102 Å². The summed E-state index contributed by atoms with van der Waals surface area (Å²) in [6.45, 7) is 0. The maximum atomic E-state index is 13.3. The number of fused-ring (bicyclic) bond motifs is 1. The lowest BCUT2D eigenvalue weighted by Gasteiger charge is -2.28. The zero-order chi connectivity index (χ0) is 20.0. The normalized spacial score (nSPS) is 19.0. The number of nitrogens with zero attached hydrogens (tertiary/aromatic N) is 2. The Hall–Kier alpha value is -3.12. The Morgan fingerprint density at radius 2 is 1.79 bits per heavy atom. The van der Waals surface area contributed by atoms with E-state index in [1.54, 1.807) is 22.8 Å². The number of hydrogen-bond acceptors (Lipinski definition) is 4.